The van der Waals surface area contributed by atoms with Gasteiger partial charge in [-0.3, -0.25) is 4.98 Å². The number of aromatic nitrogens is 1. The summed E-state index contributed by atoms with van der Waals surface area (Å²) in [5, 5.41) is 12.8. The number of ether oxygens (including phenoxy) is 2. The number of likely N-dealkylation sites (N-methyl/N-ethyl adjacent to an activating group) is 1. The molecule has 2 atom stereocenters. The standard InChI is InChI=1S/C32H36N2O3/c1-4-34(5-2)23-24-37-29-20-16-27(17-21-29)32(35,26-14-18-28(36-3)19-15-26)31(25-11-7-6-8-12-25)30-13-9-10-22-33-30/h6-22,31,35H,4-5,23-24H2,1-3H3/t31-,32-/m0/s1. The van der Waals surface area contributed by atoms with Gasteiger partial charge in [-0.05, 0) is 66.2 Å². The van der Waals surface area contributed by atoms with E-state index in [0.717, 1.165) is 53.5 Å². The first-order valence-electron chi connectivity index (χ1n) is 12.9. The molecule has 1 heterocycles. The average molecular weight is 497 g/mol. The fourth-order valence-electron chi connectivity index (χ4n) is 4.80. The van der Waals surface area contributed by atoms with Crippen LogP contribution in [-0.2, 0) is 5.60 Å². The van der Waals surface area contributed by atoms with Crippen molar-refractivity contribution in [2.75, 3.05) is 33.4 Å². The first kappa shape index (κ1) is 26.4. The van der Waals surface area contributed by atoms with Crippen LogP contribution in [0.4, 0.5) is 0 Å². The van der Waals surface area contributed by atoms with Crippen LogP contribution in [0.15, 0.2) is 103 Å². The summed E-state index contributed by atoms with van der Waals surface area (Å²) in [7, 11) is 1.64. The maximum atomic E-state index is 12.8. The Balaban J connectivity index is 1.77. The van der Waals surface area contributed by atoms with Crippen molar-refractivity contribution >= 4 is 0 Å². The summed E-state index contributed by atoms with van der Waals surface area (Å²) < 4.78 is 11.4. The van der Waals surface area contributed by atoms with E-state index in [2.05, 4.69) is 23.7 Å². The number of benzene rings is 3. The Bertz CT molecular complexity index is 1170. The molecule has 0 aliphatic rings. The van der Waals surface area contributed by atoms with Gasteiger partial charge in [0.05, 0.1) is 18.7 Å². The van der Waals surface area contributed by atoms with Crippen molar-refractivity contribution in [3.63, 3.8) is 0 Å². The van der Waals surface area contributed by atoms with Crippen molar-refractivity contribution in [1.82, 2.24) is 9.88 Å². The third kappa shape index (κ3) is 6.01. The minimum absolute atomic E-state index is 0.447. The molecular formula is C32H36N2O3. The van der Waals surface area contributed by atoms with Gasteiger partial charge in [0.15, 0.2) is 0 Å². The molecule has 1 N–H and O–H groups in total. The minimum Gasteiger partial charge on any atom is -0.497 e. The maximum absolute atomic E-state index is 12.8. The van der Waals surface area contributed by atoms with Crippen LogP contribution in [0.1, 0.15) is 42.1 Å². The Morgan fingerprint density at radius 2 is 1.38 bits per heavy atom. The van der Waals surface area contributed by atoms with Gasteiger partial charge in [-0.25, -0.2) is 0 Å². The highest BCUT2D eigenvalue weighted by Gasteiger charge is 2.43. The topological polar surface area (TPSA) is 54.8 Å². The van der Waals surface area contributed by atoms with Gasteiger partial charge in [0.1, 0.15) is 23.7 Å². The van der Waals surface area contributed by atoms with E-state index in [9.17, 15) is 5.11 Å². The lowest BCUT2D eigenvalue weighted by Gasteiger charge is -2.37. The van der Waals surface area contributed by atoms with Crippen LogP contribution in [-0.4, -0.2) is 48.3 Å². The van der Waals surface area contributed by atoms with Crippen LogP contribution < -0.4 is 9.47 Å². The Hall–Kier alpha value is -3.67. The highest BCUT2D eigenvalue weighted by atomic mass is 16.5. The number of rotatable bonds is 12. The molecule has 1 aromatic heterocycles. The summed E-state index contributed by atoms with van der Waals surface area (Å²) in [4.78, 5) is 7.01. The lowest BCUT2D eigenvalue weighted by Crippen LogP contribution is -2.36. The Kier molecular flexibility index (Phi) is 8.94. The molecule has 37 heavy (non-hydrogen) atoms. The fourth-order valence-corrected chi connectivity index (χ4v) is 4.80. The van der Waals surface area contributed by atoms with Crippen LogP contribution >= 0.6 is 0 Å². The van der Waals surface area contributed by atoms with Gasteiger partial charge >= 0.3 is 0 Å². The molecule has 0 bridgehead atoms. The van der Waals surface area contributed by atoms with E-state index >= 15 is 0 Å². The van der Waals surface area contributed by atoms with Gasteiger partial charge in [0, 0.05) is 12.7 Å². The van der Waals surface area contributed by atoms with Crippen LogP contribution in [0.3, 0.4) is 0 Å². The third-order valence-electron chi connectivity index (χ3n) is 6.93. The average Bonchev–Trinajstić information content (AvgIpc) is 2.97. The molecule has 0 amide bonds. The first-order chi connectivity index (χ1) is 18.1. The zero-order chi connectivity index (χ0) is 26.1. The number of methoxy groups -OCH3 is 1. The molecule has 0 saturated carbocycles. The molecule has 0 aliphatic carbocycles. The molecule has 0 radical (unpaired) electrons. The van der Waals surface area contributed by atoms with Crippen LogP contribution in [0.2, 0.25) is 0 Å². The van der Waals surface area contributed by atoms with Crippen LogP contribution in [0, 0.1) is 0 Å². The van der Waals surface area contributed by atoms with Crippen molar-refractivity contribution in [2.24, 2.45) is 0 Å². The molecule has 0 fully saturated rings. The molecule has 0 unspecified atom stereocenters. The van der Waals surface area contributed by atoms with Gasteiger partial charge < -0.3 is 19.5 Å². The van der Waals surface area contributed by atoms with Gasteiger partial charge in [-0.15, -0.1) is 0 Å². The normalized spacial score (nSPS) is 13.6. The van der Waals surface area contributed by atoms with Crippen molar-refractivity contribution in [1.29, 1.82) is 0 Å². The summed E-state index contributed by atoms with van der Waals surface area (Å²) in [5.41, 5.74) is 1.86. The van der Waals surface area contributed by atoms with E-state index in [1.54, 1.807) is 13.3 Å². The molecule has 192 valence electrons. The highest BCUT2D eigenvalue weighted by molar-refractivity contribution is 5.48. The van der Waals surface area contributed by atoms with Gasteiger partial charge in [-0.1, -0.05) is 74.5 Å². The van der Waals surface area contributed by atoms with Gasteiger partial charge in [0.25, 0.3) is 0 Å². The highest BCUT2D eigenvalue weighted by Crippen LogP contribution is 2.46. The van der Waals surface area contributed by atoms with Gasteiger partial charge in [0.2, 0.25) is 0 Å². The predicted molar refractivity (Wildman–Crippen MR) is 148 cm³/mol. The van der Waals surface area contributed by atoms with Crippen molar-refractivity contribution in [3.8, 4) is 11.5 Å². The second-order valence-corrected chi connectivity index (χ2v) is 8.99. The van der Waals surface area contributed by atoms with E-state index in [1.165, 1.54) is 0 Å². The zero-order valence-corrected chi connectivity index (χ0v) is 21.9. The molecular weight excluding hydrogens is 460 g/mol. The number of aliphatic hydroxyl groups is 1. The third-order valence-corrected chi connectivity index (χ3v) is 6.93. The minimum atomic E-state index is -1.40. The van der Waals surface area contributed by atoms with Gasteiger partial charge in [-0.2, -0.15) is 0 Å². The molecule has 4 rings (SSSR count). The van der Waals surface area contributed by atoms with Crippen LogP contribution in [0.25, 0.3) is 0 Å². The Morgan fingerprint density at radius 3 is 1.92 bits per heavy atom. The zero-order valence-electron chi connectivity index (χ0n) is 21.9. The molecule has 5 heteroatoms. The monoisotopic (exact) mass is 496 g/mol. The summed E-state index contributed by atoms with van der Waals surface area (Å²) >= 11 is 0. The van der Waals surface area contributed by atoms with Crippen molar-refractivity contribution in [2.45, 2.75) is 25.4 Å². The summed E-state index contributed by atoms with van der Waals surface area (Å²) in [6, 6.07) is 31.3. The molecule has 4 aromatic rings. The number of nitrogens with zero attached hydrogens (tertiary/aromatic N) is 2. The lowest BCUT2D eigenvalue weighted by atomic mass is 9.71. The molecule has 3 aromatic carbocycles. The van der Waals surface area contributed by atoms with E-state index in [1.807, 2.05) is 97.1 Å². The summed E-state index contributed by atoms with van der Waals surface area (Å²) in [6.45, 7) is 7.81. The van der Waals surface area contributed by atoms with Crippen molar-refractivity contribution < 1.29 is 14.6 Å². The number of hydrogen-bond donors (Lipinski definition) is 1. The SMILES string of the molecule is CCN(CC)CCOc1ccc([C@@](O)(c2ccc(OC)cc2)[C@@H](c2ccccc2)c2ccccn2)cc1. The molecule has 0 aliphatic heterocycles. The summed E-state index contributed by atoms with van der Waals surface area (Å²) in [5.74, 6) is 1.07. The molecule has 5 nitrogen and oxygen atoms in total. The molecule has 0 spiro atoms. The molecule has 0 saturated heterocycles. The Morgan fingerprint density at radius 1 is 0.784 bits per heavy atom. The Labute approximate surface area is 220 Å². The quantitative estimate of drug-likeness (QED) is 0.266. The van der Waals surface area contributed by atoms with Crippen molar-refractivity contribution in [3.05, 3.63) is 126 Å². The van der Waals surface area contributed by atoms with E-state index in [0.29, 0.717) is 6.61 Å². The largest absolute Gasteiger partial charge is 0.497 e. The number of hydrogen-bond acceptors (Lipinski definition) is 5. The smallest absolute Gasteiger partial charge is 0.127 e. The lowest BCUT2D eigenvalue weighted by molar-refractivity contribution is 0.0611. The van der Waals surface area contributed by atoms with E-state index < -0.39 is 11.5 Å². The van der Waals surface area contributed by atoms with E-state index in [-0.39, 0.29) is 0 Å². The number of pyridine rings is 1. The summed E-state index contributed by atoms with van der Waals surface area (Å²) in [6.07, 6.45) is 1.77. The fraction of sp³-hybridized carbons (Fsp3) is 0.281. The second-order valence-electron chi connectivity index (χ2n) is 8.99. The van der Waals surface area contributed by atoms with Crippen LogP contribution in [0.5, 0.6) is 11.5 Å². The maximum Gasteiger partial charge on any atom is 0.127 e. The second kappa shape index (κ2) is 12.5. The predicted octanol–water partition coefficient (Wildman–Crippen LogP) is 5.88. The van der Waals surface area contributed by atoms with E-state index in [4.69, 9.17) is 9.47 Å². The first-order valence-corrected chi connectivity index (χ1v) is 12.9.